The summed E-state index contributed by atoms with van der Waals surface area (Å²) in [4.78, 5) is 11.5. The van der Waals surface area contributed by atoms with Gasteiger partial charge in [0.15, 0.2) is 13.1 Å². The Morgan fingerprint density at radius 2 is 2.30 bits per heavy atom. The maximum absolute atomic E-state index is 11.5. The molecule has 0 spiro atoms. The molecule has 1 aromatic heterocycles. The molecule has 130 valence electrons. The minimum absolute atomic E-state index is 0.00810. The molecule has 1 aromatic rings. The average molecular weight is 360 g/mol. The van der Waals surface area contributed by atoms with E-state index in [1.165, 1.54) is 9.77 Å². The molecular formula is C16H24O5S2. The van der Waals surface area contributed by atoms with E-state index in [9.17, 15) is 4.79 Å². The van der Waals surface area contributed by atoms with Crippen molar-refractivity contribution in [1.82, 2.24) is 0 Å². The normalized spacial score (nSPS) is 21.7. The molecule has 2 rings (SSSR count). The summed E-state index contributed by atoms with van der Waals surface area (Å²) in [6.07, 6.45) is 1.85. The number of carbonyl (C=O) groups excluding carboxylic acids is 1. The third-order valence-corrected chi connectivity index (χ3v) is 6.15. The van der Waals surface area contributed by atoms with Gasteiger partial charge < -0.3 is 18.9 Å². The Morgan fingerprint density at radius 3 is 3.04 bits per heavy atom. The highest BCUT2D eigenvalue weighted by atomic mass is 32.2. The molecule has 1 aliphatic rings. The van der Waals surface area contributed by atoms with Crippen LogP contribution in [0.1, 0.15) is 44.8 Å². The molecule has 0 saturated heterocycles. The molecule has 0 fully saturated rings. The fourth-order valence-electron chi connectivity index (χ4n) is 2.34. The number of fused-ring (bicyclic) bond motifs is 1. The first kappa shape index (κ1) is 18.7. The van der Waals surface area contributed by atoms with Crippen molar-refractivity contribution in [3.05, 3.63) is 17.0 Å². The van der Waals surface area contributed by atoms with Crippen LogP contribution in [0, 0.1) is 0 Å². The molecular weight excluding hydrogens is 336 g/mol. The molecule has 0 radical (unpaired) electrons. The lowest BCUT2D eigenvalue weighted by Crippen LogP contribution is -2.21. The van der Waals surface area contributed by atoms with E-state index >= 15 is 0 Å². The fourth-order valence-corrected chi connectivity index (χ4v) is 4.95. The lowest BCUT2D eigenvalue weighted by molar-refractivity contribution is -0.190. The first-order valence-corrected chi connectivity index (χ1v) is 9.55. The maximum atomic E-state index is 11.5. The van der Waals surface area contributed by atoms with E-state index in [-0.39, 0.29) is 25.2 Å². The summed E-state index contributed by atoms with van der Waals surface area (Å²) in [5.74, 6) is -0.125. The first-order chi connectivity index (χ1) is 11.1. The molecule has 0 N–H and O–H groups in total. The number of hydrogen-bond donors (Lipinski definition) is 0. The van der Waals surface area contributed by atoms with E-state index in [1.54, 1.807) is 18.4 Å². The van der Waals surface area contributed by atoms with Crippen molar-refractivity contribution in [1.29, 1.82) is 0 Å². The zero-order chi connectivity index (χ0) is 16.7. The Kier molecular flexibility index (Phi) is 7.85. The summed E-state index contributed by atoms with van der Waals surface area (Å²) >= 11 is 3.56. The second kappa shape index (κ2) is 9.64. The molecule has 0 saturated carbocycles. The molecule has 0 amide bonds. The van der Waals surface area contributed by atoms with E-state index in [2.05, 4.69) is 11.4 Å². The van der Waals surface area contributed by atoms with Crippen molar-refractivity contribution in [2.45, 2.75) is 55.0 Å². The smallest absolute Gasteiger partial charge is 0.305 e. The van der Waals surface area contributed by atoms with Gasteiger partial charge in [-0.15, -0.1) is 23.1 Å². The molecule has 0 aliphatic carbocycles. The highest BCUT2D eigenvalue weighted by molar-refractivity contribution is 8.01. The van der Waals surface area contributed by atoms with Crippen LogP contribution in [0.5, 0.6) is 0 Å². The highest BCUT2D eigenvalue weighted by Gasteiger charge is 2.29. The van der Waals surface area contributed by atoms with Gasteiger partial charge >= 0.3 is 5.97 Å². The van der Waals surface area contributed by atoms with Crippen molar-refractivity contribution in [3.63, 3.8) is 0 Å². The largest absolute Gasteiger partial charge is 0.466 e. The summed E-state index contributed by atoms with van der Waals surface area (Å²) in [5.41, 5.74) is 1.22. The number of thioether (sulfide) groups is 1. The summed E-state index contributed by atoms with van der Waals surface area (Å²) < 4.78 is 22.7. The van der Waals surface area contributed by atoms with Gasteiger partial charge in [0.2, 0.25) is 0 Å². The molecule has 2 heterocycles. The molecule has 5 nitrogen and oxygen atoms in total. The third kappa shape index (κ3) is 5.76. The number of methoxy groups -OCH3 is 1. The van der Waals surface area contributed by atoms with E-state index < -0.39 is 0 Å². The zero-order valence-electron chi connectivity index (χ0n) is 13.8. The molecule has 23 heavy (non-hydrogen) atoms. The lowest BCUT2D eigenvalue weighted by Gasteiger charge is -2.29. The second-order valence-electron chi connectivity index (χ2n) is 5.23. The SMILES string of the molecule is CCOC(=O)CCC1CC(OCOC(C)OC)c2ccsc2S1. The number of thiophene rings is 1. The van der Waals surface area contributed by atoms with Gasteiger partial charge in [-0.2, -0.15) is 0 Å². The second-order valence-corrected chi connectivity index (χ2v) is 7.71. The van der Waals surface area contributed by atoms with Crippen LogP contribution in [-0.2, 0) is 23.7 Å². The Balaban J connectivity index is 1.87. The van der Waals surface area contributed by atoms with Crippen LogP contribution in [0.4, 0.5) is 0 Å². The molecule has 3 unspecified atom stereocenters. The van der Waals surface area contributed by atoms with E-state index in [4.69, 9.17) is 18.9 Å². The molecule has 7 heteroatoms. The van der Waals surface area contributed by atoms with E-state index in [1.807, 2.05) is 25.6 Å². The summed E-state index contributed by atoms with van der Waals surface area (Å²) in [7, 11) is 1.60. The standard InChI is InChI=1S/C16H24O5S2/c1-4-19-15(17)6-5-12-9-14(21-10-20-11(2)18-3)13-7-8-22-16(13)23-12/h7-8,11-12,14H,4-6,9-10H2,1-3H3. The Bertz CT molecular complexity index is 491. The average Bonchev–Trinajstić information content (AvgIpc) is 3.01. The quantitative estimate of drug-likeness (QED) is 0.490. The minimum Gasteiger partial charge on any atom is -0.466 e. The molecule has 0 bridgehead atoms. The molecule has 1 aliphatic heterocycles. The molecule has 0 aromatic carbocycles. The van der Waals surface area contributed by atoms with Gasteiger partial charge in [-0.25, -0.2) is 0 Å². The predicted octanol–water partition coefficient (Wildman–Crippen LogP) is 3.98. The maximum Gasteiger partial charge on any atom is 0.305 e. The number of esters is 1. The first-order valence-electron chi connectivity index (χ1n) is 7.79. The fraction of sp³-hybridized carbons (Fsp3) is 0.688. The number of ether oxygens (including phenoxy) is 4. The van der Waals surface area contributed by atoms with Crippen LogP contribution in [0.2, 0.25) is 0 Å². The van der Waals surface area contributed by atoms with Crippen molar-refractivity contribution in [3.8, 4) is 0 Å². The van der Waals surface area contributed by atoms with Crippen LogP contribution in [0.25, 0.3) is 0 Å². The third-order valence-electron chi connectivity index (χ3n) is 3.64. The van der Waals surface area contributed by atoms with Gasteiger partial charge in [0.25, 0.3) is 0 Å². The van der Waals surface area contributed by atoms with Gasteiger partial charge in [0.05, 0.1) is 16.9 Å². The Morgan fingerprint density at radius 1 is 1.48 bits per heavy atom. The topological polar surface area (TPSA) is 54.0 Å². The van der Waals surface area contributed by atoms with Crippen LogP contribution < -0.4 is 0 Å². The van der Waals surface area contributed by atoms with Crippen LogP contribution in [0.15, 0.2) is 15.7 Å². The van der Waals surface area contributed by atoms with Crippen LogP contribution in [-0.4, -0.2) is 38.0 Å². The number of carbonyl (C=O) groups is 1. The van der Waals surface area contributed by atoms with Gasteiger partial charge in [-0.1, -0.05) is 0 Å². The van der Waals surface area contributed by atoms with Gasteiger partial charge in [0.1, 0.15) is 0 Å². The zero-order valence-corrected chi connectivity index (χ0v) is 15.4. The van der Waals surface area contributed by atoms with E-state index in [0.717, 1.165) is 12.8 Å². The van der Waals surface area contributed by atoms with Crippen LogP contribution in [0.3, 0.4) is 0 Å². The Hall–Kier alpha value is -0.600. The Labute approximate surface area is 145 Å². The number of rotatable bonds is 9. The molecule has 3 atom stereocenters. The van der Waals surface area contributed by atoms with E-state index in [0.29, 0.717) is 18.3 Å². The van der Waals surface area contributed by atoms with Crippen molar-refractivity contribution < 1.29 is 23.7 Å². The van der Waals surface area contributed by atoms with Crippen molar-refractivity contribution >= 4 is 29.1 Å². The van der Waals surface area contributed by atoms with Crippen molar-refractivity contribution in [2.75, 3.05) is 20.5 Å². The minimum atomic E-state index is -0.283. The summed E-state index contributed by atoms with van der Waals surface area (Å²) in [6.45, 7) is 4.30. The van der Waals surface area contributed by atoms with Gasteiger partial charge in [-0.3, -0.25) is 4.79 Å². The highest BCUT2D eigenvalue weighted by Crippen LogP contribution is 2.46. The number of hydrogen-bond acceptors (Lipinski definition) is 7. The van der Waals surface area contributed by atoms with Crippen molar-refractivity contribution in [2.24, 2.45) is 0 Å². The van der Waals surface area contributed by atoms with Gasteiger partial charge in [0, 0.05) is 24.3 Å². The predicted molar refractivity (Wildman–Crippen MR) is 90.7 cm³/mol. The van der Waals surface area contributed by atoms with Gasteiger partial charge in [-0.05, 0) is 38.1 Å². The monoisotopic (exact) mass is 360 g/mol. The lowest BCUT2D eigenvalue weighted by atomic mass is 10.0. The summed E-state index contributed by atoms with van der Waals surface area (Å²) in [6, 6.07) is 2.11. The summed E-state index contributed by atoms with van der Waals surface area (Å²) in [5, 5.41) is 2.44. The van der Waals surface area contributed by atoms with Crippen LogP contribution >= 0.6 is 23.1 Å².